The van der Waals surface area contributed by atoms with Gasteiger partial charge in [0.05, 0.1) is 25.6 Å². The maximum atomic E-state index is 5.21. The van der Waals surface area contributed by atoms with Gasteiger partial charge in [-0.25, -0.2) is 0 Å². The van der Waals surface area contributed by atoms with Crippen LogP contribution in [0.4, 0.5) is 11.4 Å². The lowest BCUT2D eigenvalue weighted by atomic mass is 10.1. The minimum atomic E-state index is 0.830. The summed E-state index contributed by atoms with van der Waals surface area (Å²) < 4.78 is 10.4. The van der Waals surface area contributed by atoms with Crippen molar-refractivity contribution in [2.45, 2.75) is 0 Å². The van der Waals surface area contributed by atoms with Crippen LogP contribution in [0, 0.1) is 0 Å². The first-order valence-corrected chi connectivity index (χ1v) is 9.65. The number of aliphatic imine (C=N–C) groups is 2. The molecule has 4 heteroatoms. The van der Waals surface area contributed by atoms with Crippen LogP contribution in [-0.2, 0) is 0 Å². The molecule has 0 spiro atoms. The zero-order valence-electron chi connectivity index (χ0n) is 16.9. The van der Waals surface area contributed by atoms with E-state index in [4.69, 9.17) is 19.5 Å². The predicted molar refractivity (Wildman–Crippen MR) is 124 cm³/mol. The summed E-state index contributed by atoms with van der Waals surface area (Å²) >= 11 is 0. The van der Waals surface area contributed by atoms with Gasteiger partial charge in [0, 0.05) is 23.2 Å². The molecule has 4 nitrogen and oxygen atoms in total. The summed E-state index contributed by atoms with van der Waals surface area (Å²) in [6.45, 7) is 0. The summed E-state index contributed by atoms with van der Waals surface area (Å²) in [5.74, 6) is 1.66. The van der Waals surface area contributed by atoms with E-state index in [-0.39, 0.29) is 0 Å². The topological polar surface area (TPSA) is 43.2 Å². The van der Waals surface area contributed by atoms with Crippen LogP contribution in [-0.4, -0.2) is 26.6 Å². The Bertz CT molecular complexity index is 1100. The molecule has 0 heterocycles. The molecule has 0 aromatic heterocycles. The van der Waals surface area contributed by atoms with Gasteiger partial charge in [-0.05, 0) is 71.8 Å². The fourth-order valence-corrected chi connectivity index (χ4v) is 3.17. The van der Waals surface area contributed by atoms with Crippen molar-refractivity contribution in [1.29, 1.82) is 0 Å². The molecule has 148 valence electrons. The van der Waals surface area contributed by atoms with Crippen molar-refractivity contribution in [2.24, 2.45) is 9.98 Å². The van der Waals surface area contributed by atoms with Gasteiger partial charge in [0.25, 0.3) is 0 Å². The van der Waals surface area contributed by atoms with Crippen molar-refractivity contribution in [3.63, 3.8) is 0 Å². The Morgan fingerprint density at radius 3 is 1.30 bits per heavy atom. The minimum absolute atomic E-state index is 0.830. The zero-order chi connectivity index (χ0) is 20.8. The third-order valence-corrected chi connectivity index (χ3v) is 4.81. The molecule has 0 N–H and O–H groups in total. The summed E-state index contributed by atoms with van der Waals surface area (Å²) in [7, 11) is 3.32. The average Bonchev–Trinajstić information content (AvgIpc) is 2.82. The quantitative estimate of drug-likeness (QED) is 0.357. The second-order valence-corrected chi connectivity index (χ2v) is 6.71. The number of benzene rings is 4. The summed E-state index contributed by atoms with van der Waals surface area (Å²) in [4.78, 5) is 9.41. The number of rotatable bonds is 6. The molecule has 4 aromatic carbocycles. The molecule has 0 amide bonds. The fraction of sp³-hybridized carbons (Fsp3) is 0.0769. The van der Waals surface area contributed by atoms with Gasteiger partial charge < -0.3 is 9.47 Å². The van der Waals surface area contributed by atoms with Gasteiger partial charge in [-0.2, -0.15) is 0 Å². The second kappa shape index (κ2) is 9.05. The third kappa shape index (κ3) is 4.39. The van der Waals surface area contributed by atoms with Gasteiger partial charge in [0.15, 0.2) is 0 Å². The van der Waals surface area contributed by atoms with Crippen LogP contribution in [0.2, 0.25) is 0 Å². The molecule has 0 atom stereocenters. The summed E-state index contributed by atoms with van der Waals surface area (Å²) in [6.07, 6.45) is 3.73. The Hall–Kier alpha value is -3.92. The number of nitrogens with zero attached hydrogens (tertiary/aromatic N) is 2. The lowest BCUT2D eigenvalue weighted by Crippen LogP contribution is -1.85. The maximum Gasteiger partial charge on any atom is 0.118 e. The molecule has 0 aliphatic heterocycles. The highest BCUT2D eigenvalue weighted by molar-refractivity contribution is 6.02. The van der Waals surface area contributed by atoms with Crippen LogP contribution in [0.3, 0.4) is 0 Å². The van der Waals surface area contributed by atoms with Gasteiger partial charge in [-0.3, -0.25) is 9.98 Å². The predicted octanol–water partition coefficient (Wildman–Crippen LogP) is 6.36. The van der Waals surface area contributed by atoms with Crippen molar-refractivity contribution in [1.82, 2.24) is 0 Å². The van der Waals surface area contributed by atoms with E-state index in [1.165, 1.54) is 0 Å². The van der Waals surface area contributed by atoms with E-state index >= 15 is 0 Å². The number of methoxy groups -OCH3 is 2. The lowest BCUT2D eigenvalue weighted by molar-refractivity contribution is 0.414. The van der Waals surface area contributed by atoms with Crippen LogP contribution >= 0.6 is 0 Å². The first-order valence-electron chi connectivity index (χ1n) is 9.65. The number of fused-ring (bicyclic) bond motifs is 1. The van der Waals surface area contributed by atoms with Gasteiger partial charge in [-0.1, -0.05) is 24.3 Å². The Morgan fingerprint density at radius 1 is 0.533 bits per heavy atom. The molecule has 0 aliphatic rings. The van der Waals surface area contributed by atoms with Gasteiger partial charge >= 0.3 is 0 Å². The van der Waals surface area contributed by atoms with E-state index in [2.05, 4.69) is 12.1 Å². The molecule has 0 bridgehead atoms. The molecule has 0 aliphatic carbocycles. The van der Waals surface area contributed by atoms with E-state index < -0.39 is 0 Å². The van der Waals surface area contributed by atoms with Crippen molar-refractivity contribution in [2.75, 3.05) is 14.2 Å². The molecule has 0 radical (unpaired) electrons. The Balaban J connectivity index is 1.63. The van der Waals surface area contributed by atoms with Crippen molar-refractivity contribution >= 4 is 34.6 Å². The Kier molecular flexibility index (Phi) is 5.85. The molecule has 4 aromatic rings. The fourth-order valence-electron chi connectivity index (χ4n) is 3.17. The number of hydrogen-bond acceptors (Lipinski definition) is 4. The monoisotopic (exact) mass is 394 g/mol. The van der Waals surface area contributed by atoms with E-state index in [9.17, 15) is 0 Å². The van der Waals surface area contributed by atoms with E-state index in [1.54, 1.807) is 14.2 Å². The normalized spacial score (nSPS) is 11.4. The van der Waals surface area contributed by atoms with Crippen molar-refractivity contribution in [3.05, 3.63) is 96.1 Å². The van der Waals surface area contributed by atoms with Crippen molar-refractivity contribution < 1.29 is 9.47 Å². The van der Waals surface area contributed by atoms with Crippen LogP contribution < -0.4 is 9.47 Å². The second-order valence-electron chi connectivity index (χ2n) is 6.71. The van der Waals surface area contributed by atoms with Crippen LogP contribution in [0.25, 0.3) is 10.8 Å². The average molecular weight is 394 g/mol. The number of hydrogen-bond donors (Lipinski definition) is 0. The SMILES string of the molecule is COc1ccc(C=Nc2cccc3c(N=Cc4ccc(OC)cc4)cccc23)cc1. The first-order chi connectivity index (χ1) is 14.8. The summed E-state index contributed by atoms with van der Waals surface area (Å²) in [5, 5.41) is 2.12. The van der Waals surface area contributed by atoms with Crippen LogP contribution in [0.1, 0.15) is 11.1 Å². The van der Waals surface area contributed by atoms with Crippen LogP contribution in [0.5, 0.6) is 11.5 Å². The van der Waals surface area contributed by atoms with Crippen molar-refractivity contribution in [3.8, 4) is 11.5 Å². The summed E-state index contributed by atoms with van der Waals surface area (Å²) in [5.41, 5.74) is 3.84. The Morgan fingerprint density at radius 2 is 0.933 bits per heavy atom. The smallest absolute Gasteiger partial charge is 0.118 e. The molecule has 0 saturated heterocycles. The highest BCUT2D eigenvalue weighted by Crippen LogP contribution is 2.32. The molecule has 0 fully saturated rings. The van der Waals surface area contributed by atoms with Gasteiger partial charge in [0.1, 0.15) is 11.5 Å². The Labute approximate surface area is 176 Å². The molecule has 4 rings (SSSR count). The molecular weight excluding hydrogens is 372 g/mol. The first kappa shape index (κ1) is 19.4. The molecule has 0 saturated carbocycles. The van der Waals surface area contributed by atoms with Crippen LogP contribution in [0.15, 0.2) is 94.9 Å². The summed E-state index contributed by atoms with van der Waals surface area (Å²) in [6, 6.07) is 27.8. The zero-order valence-corrected chi connectivity index (χ0v) is 16.9. The highest BCUT2D eigenvalue weighted by Gasteiger charge is 2.03. The number of ether oxygens (including phenoxy) is 2. The highest BCUT2D eigenvalue weighted by atomic mass is 16.5. The van der Waals surface area contributed by atoms with E-state index in [0.717, 1.165) is 44.8 Å². The molecule has 30 heavy (non-hydrogen) atoms. The largest absolute Gasteiger partial charge is 0.497 e. The lowest BCUT2D eigenvalue weighted by Gasteiger charge is -2.05. The van der Waals surface area contributed by atoms with Gasteiger partial charge in [-0.15, -0.1) is 0 Å². The van der Waals surface area contributed by atoms with Gasteiger partial charge in [0.2, 0.25) is 0 Å². The third-order valence-electron chi connectivity index (χ3n) is 4.81. The van der Waals surface area contributed by atoms with E-state index in [1.807, 2.05) is 85.2 Å². The maximum absolute atomic E-state index is 5.21. The molecule has 0 unspecified atom stereocenters. The van der Waals surface area contributed by atoms with E-state index in [0.29, 0.717) is 0 Å². The minimum Gasteiger partial charge on any atom is -0.497 e. The molecular formula is C26H22N2O2. The standard InChI is InChI=1S/C26H22N2O2/c1-29-21-13-9-19(10-14-21)17-27-25-7-3-6-24-23(25)5-4-8-26(24)28-18-20-11-15-22(30-2)16-12-20/h3-18H,1-2H3.